The van der Waals surface area contributed by atoms with Crippen molar-refractivity contribution < 1.29 is 6.22 Å². The summed E-state index contributed by atoms with van der Waals surface area (Å²) in [7, 11) is 0. The van der Waals surface area contributed by atoms with E-state index in [0.29, 0.717) is 23.8 Å². The van der Waals surface area contributed by atoms with Gasteiger partial charge >= 0.3 is 0 Å². The summed E-state index contributed by atoms with van der Waals surface area (Å²) in [6, 6.07) is 13.8. The van der Waals surface area contributed by atoms with Crippen LogP contribution >= 0.6 is 11.6 Å². The highest BCUT2D eigenvalue weighted by molar-refractivity contribution is 6.34. The minimum atomic E-state index is -0.0388. The Balaban J connectivity index is 0.00000225. The monoisotopic (exact) mass is 380 g/mol. The third-order valence-electron chi connectivity index (χ3n) is 4.63. The van der Waals surface area contributed by atoms with Crippen LogP contribution in [0.2, 0.25) is 5.02 Å². The van der Waals surface area contributed by atoms with E-state index in [1.807, 2.05) is 66.7 Å². The number of fused-ring (bicyclic) bond motifs is 1. The average molecular weight is 381 g/mol. The van der Waals surface area contributed by atoms with E-state index in [-0.39, 0.29) is 7.33 Å². The number of amides is 1. The normalized spacial score (nSPS) is 11.0. The number of H-pyrrole nitrogens is 2. The van der Waals surface area contributed by atoms with Crippen molar-refractivity contribution in [1.82, 2.24) is 19.9 Å². The molecule has 0 radical (unpaired) electrons. The van der Waals surface area contributed by atoms with Gasteiger partial charge in [-0.05, 0) is 24.6 Å². The first-order valence-electron chi connectivity index (χ1n) is 8.81. The zero-order chi connectivity index (χ0) is 18.8. The molecule has 27 heavy (non-hydrogen) atoms. The highest BCUT2D eigenvalue weighted by Crippen LogP contribution is 2.34. The number of halogens is 1. The lowest BCUT2D eigenvalue weighted by molar-refractivity contribution is 0.0747. The van der Waals surface area contributed by atoms with Crippen molar-refractivity contribution in [3.63, 3.8) is 0 Å². The number of aromatic nitrogens is 3. The number of rotatable bonds is 5. The third-order valence-corrected chi connectivity index (χ3v) is 4.91. The van der Waals surface area contributed by atoms with Crippen molar-refractivity contribution >= 4 is 28.5 Å². The van der Waals surface area contributed by atoms with Crippen molar-refractivity contribution in [3.8, 4) is 11.1 Å². The summed E-state index contributed by atoms with van der Waals surface area (Å²) in [4.78, 5) is 25.3. The maximum Gasteiger partial charge on any atom is 0.270 e. The van der Waals surface area contributed by atoms with Gasteiger partial charge in [0.25, 0.3) is 5.91 Å². The van der Waals surface area contributed by atoms with Gasteiger partial charge in [0, 0.05) is 49.6 Å². The Morgan fingerprint density at radius 3 is 2.81 bits per heavy atom. The Kier molecular flexibility index (Phi) is 4.69. The van der Waals surface area contributed by atoms with Gasteiger partial charge in [0.15, 0.2) is 0 Å². The molecule has 0 atom stereocenters. The van der Waals surface area contributed by atoms with Gasteiger partial charge < -0.3 is 14.9 Å². The Morgan fingerprint density at radius 2 is 2.04 bits per heavy atom. The first kappa shape index (κ1) is 17.4. The SMILES string of the molecule is CCN(Cc1ccccc1)C(=O)c1cc(-c2c(Cl)cnc3[nH]ccc23)c[nH]1.[HH]. The fourth-order valence-electron chi connectivity index (χ4n) is 3.24. The minimum absolute atomic E-state index is 0. The Hall–Kier alpha value is -3.05. The summed E-state index contributed by atoms with van der Waals surface area (Å²) in [5.41, 5.74) is 4.14. The molecule has 3 aromatic heterocycles. The van der Waals surface area contributed by atoms with Gasteiger partial charge in [0.1, 0.15) is 11.3 Å². The van der Waals surface area contributed by atoms with Crippen LogP contribution in [0.5, 0.6) is 0 Å². The number of carbonyl (C=O) groups excluding carboxylic acids is 1. The molecule has 1 amide bonds. The van der Waals surface area contributed by atoms with Gasteiger partial charge in [-0.1, -0.05) is 41.9 Å². The molecule has 4 aromatic rings. The Bertz CT molecular complexity index is 1090. The summed E-state index contributed by atoms with van der Waals surface area (Å²) >= 11 is 6.40. The van der Waals surface area contributed by atoms with E-state index in [0.717, 1.165) is 27.7 Å². The van der Waals surface area contributed by atoms with E-state index in [1.54, 1.807) is 6.20 Å². The molecule has 0 spiro atoms. The van der Waals surface area contributed by atoms with E-state index in [1.165, 1.54) is 0 Å². The van der Waals surface area contributed by atoms with Gasteiger partial charge in [-0.25, -0.2) is 4.98 Å². The maximum absolute atomic E-state index is 13.0. The summed E-state index contributed by atoms with van der Waals surface area (Å²) in [6.07, 6.45) is 5.27. The van der Waals surface area contributed by atoms with E-state index in [9.17, 15) is 4.79 Å². The van der Waals surface area contributed by atoms with Crippen molar-refractivity contribution in [2.24, 2.45) is 0 Å². The number of benzene rings is 1. The van der Waals surface area contributed by atoms with Gasteiger partial charge in [-0.2, -0.15) is 0 Å². The second kappa shape index (κ2) is 7.29. The summed E-state index contributed by atoms with van der Waals surface area (Å²) < 4.78 is 0. The van der Waals surface area contributed by atoms with Crippen LogP contribution in [0.4, 0.5) is 0 Å². The zero-order valence-corrected chi connectivity index (χ0v) is 15.6. The average Bonchev–Trinajstić information content (AvgIpc) is 3.36. The van der Waals surface area contributed by atoms with Crippen LogP contribution in [0.15, 0.2) is 61.1 Å². The fraction of sp³-hybridized carbons (Fsp3) is 0.143. The van der Waals surface area contributed by atoms with Crippen LogP contribution in [0, 0.1) is 0 Å². The summed E-state index contributed by atoms with van der Waals surface area (Å²) in [6.45, 7) is 3.18. The molecule has 0 bridgehead atoms. The quantitative estimate of drug-likeness (QED) is 0.504. The summed E-state index contributed by atoms with van der Waals surface area (Å²) in [5.74, 6) is -0.0388. The van der Waals surface area contributed by atoms with E-state index in [2.05, 4.69) is 15.0 Å². The number of hydrogen-bond acceptors (Lipinski definition) is 2. The number of nitrogens with one attached hydrogen (secondary N) is 2. The first-order valence-corrected chi connectivity index (χ1v) is 9.18. The smallest absolute Gasteiger partial charge is 0.270 e. The van der Waals surface area contributed by atoms with E-state index >= 15 is 0 Å². The molecule has 1 aromatic carbocycles. The van der Waals surface area contributed by atoms with E-state index < -0.39 is 0 Å². The Morgan fingerprint density at radius 1 is 1.22 bits per heavy atom. The lowest BCUT2D eigenvalue weighted by Crippen LogP contribution is -2.30. The van der Waals surface area contributed by atoms with Crippen LogP contribution in [0.25, 0.3) is 22.2 Å². The van der Waals surface area contributed by atoms with Crippen LogP contribution in [-0.2, 0) is 6.54 Å². The molecule has 0 aliphatic rings. The third kappa shape index (κ3) is 3.34. The molecule has 6 heteroatoms. The molecule has 0 aliphatic carbocycles. The number of aromatic amines is 2. The van der Waals surface area contributed by atoms with Gasteiger partial charge in [0.05, 0.1) is 5.02 Å². The van der Waals surface area contributed by atoms with Crippen LogP contribution in [0.1, 0.15) is 24.4 Å². The van der Waals surface area contributed by atoms with Crippen molar-refractivity contribution in [1.29, 1.82) is 0 Å². The predicted octanol–water partition coefficient (Wildman–Crippen LogP) is 5.12. The second-order valence-electron chi connectivity index (χ2n) is 6.33. The lowest BCUT2D eigenvalue weighted by Gasteiger charge is -2.20. The van der Waals surface area contributed by atoms with E-state index in [4.69, 9.17) is 11.6 Å². The highest BCUT2D eigenvalue weighted by Gasteiger charge is 2.19. The standard InChI is InChI=1S/C21H19ClN4O.H2/c1-2-26(13-14-6-4-3-5-7-14)21(27)18-10-15(11-24-18)19-16-8-9-23-20(16)25-12-17(19)22;/h3-12,24H,2,13H2,1H3,(H,23,25);1H. The molecule has 4 rings (SSSR count). The van der Waals surface area contributed by atoms with Crippen LogP contribution in [-0.4, -0.2) is 32.3 Å². The molecular formula is C21H21ClN4O. The molecular weight excluding hydrogens is 360 g/mol. The second-order valence-corrected chi connectivity index (χ2v) is 6.74. The van der Waals surface area contributed by atoms with Crippen LogP contribution < -0.4 is 0 Å². The zero-order valence-electron chi connectivity index (χ0n) is 14.9. The predicted molar refractivity (Wildman–Crippen MR) is 110 cm³/mol. The van der Waals surface area contributed by atoms with Gasteiger partial charge in [-0.15, -0.1) is 0 Å². The number of carbonyl (C=O) groups is 1. The fourth-order valence-corrected chi connectivity index (χ4v) is 3.50. The molecule has 0 aliphatic heterocycles. The number of pyridine rings is 1. The Labute approximate surface area is 163 Å². The molecule has 5 nitrogen and oxygen atoms in total. The van der Waals surface area contributed by atoms with Gasteiger partial charge in [-0.3, -0.25) is 4.79 Å². The van der Waals surface area contributed by atoms with Crippen molar-refractivity contribution in [3.05, 3.63) is 77.3 Å². The molecule has 138 valence electrons. The largest absolute Gasteiger partial charge is 0.357 e. The number of hydrogen-bond donors (Lipinski definition) is 2. The maximum atomic E-state index is 13.0. The minimum Gasteiger partial charge on any atom is -0.357 e. The first-order chi connectivity index (χ1) is 13.2. The van der Waals surface area contributed by atoms with Gasteiger partial charge in [0.2, 0.25) is 0 Å². The summed E-state index contributed by atoms with van der Waals surface area (Å²) in [5, 5.41) is 1.48. The highest BCUT2D eigenvalue weighted by atomic mass is 35.5. The molecule has 0 saturated heterocycles. The van der Waals surface area contributed by atoms with Crippen molar-refractivity contribution in [2.75, 3.05) is 6.54 Å². The van der Waals surface area contributed by atoms with Crippen LogP contribution in [0.3, 0.4) is 0 Å². The van der Waals surface area contributed by atoms with Crippen molar-refractivity contribution in [2.45, 2.75) is 13.5 Å². The molecule has 0 unspecified atom stereocenters. The number of nitrogens with zero attached hydrogens (tertiary/aromatic N) is 2. The molecule has 0 saturated carbocycles. The molecule has 2 N–H and O–H groups in total. The molecule has 0 fully saturated rings. The molecule has 3 heterocycles. The lowest BCUT2D eigenvalue weighted by atomic mass is 10.1. The topological polar surface area (TPSA) is 64.8 Å².